The van der Waals surface area contributed by atoms with Crippen LogP contribution in [0.4, 0.5) is 5.69 Å². The quantitative estimate of drug-likeness (QED) is 0.542. The summed E-state index contributed by atoms with van der Waals surface area (Å²) in [6.07, 6.45) is 5.67. The van der Waals surface area contributed by atoms with Crippen molar-refractivity contribution in [3.63, 3.8) is 0 Å². The number of nitrogens with one attached hydrogen (secondary N) is 2. The van der Waals surface area contributed by atoms with Crippen LogP contribution in [0.2, 0.25) is 0 Å². The summed E-state index contributed by atoms with van der Waals surface area (Å²) in [5, 5.41) is 6.09. The van der Waals surface area contributed by atoms with Crippen LogP contribution in [-0.2, 0) is 24.1 Å². The SMILES string of the molecule is CCN(CC)CCCC(C)NC(=O)c1cccc(CC(=O)Nc2ccc3c(c2)CCC3)c1. The van der Waals surface area contributed by atoms with Gasteiger partial charge in [0.25, 0.3) is 5.91 Å². The summed E-state index contributed by atoms with van der Waals surface area (Å²) in [6, 6.07) is 13.7. The van der Waals surface area contributed by atoms with Gasteiger partial charge in [0.05, 0.1) is 6.42 Å². The summed E-state index contributed by atoms with van der Waals surface area (Å²) in [6.45, 7) is 9.58. The Labute approximate surface area is 192 Å². The van der Waals surface area contributed by atoms with Gasteiger partial charge >= 0.3 is 0 Å². The molecule has 2 aromatic carbocycles. The van der Waals surface area contributed by atoms with E-state index in [1.165, 1.54) is 17.5 Å². The van der Waals surface area contributed by atoms with Gasteiger partial charge in [0.15, 0.2) is 0 Å². The zero-order valence-electron chi connectivity index (χ0n) is 19.7. The standard InChI is InChI=1S/C27H37N3O2/c1-4-30(5-2)16-8-9-20(3)28-27(32)24-13-6-10-21(17-24)18-26(31)29-25-15-14-22-11-7-12-23(22)19-25/h6,10,13-15,17,19-20H,4-5,7-9,11-12,16,18H2,1-3H3,(H,28,32)(H,29,31). The monoisotopic (exact) mass is 435 g/mol. The minimum atomic E-state index is -0.0822. The third-order valence-electron chi connectivity index (χ3n) is 6.32. The van der Waals surface area contributed by atoms with E-state index in [1.807, 2.05) is 31.2 Å². The molecule has 1 aliphatic rings. The Kier molecular flexibility index (Phi) is 8.86. The van der Waals surface area contributed by atoms with Gasteiger partial charge < -0.3 is 15.5 Å². The summed E-state index contributed by atoms with van der Waals surface area (Å²) in [4.78, 5) is 27.6. The second-order valence-electron chi connectivity index (χ2n) is 8.81. The van der Waals surface area contributed by atoms with Crippen LogP contribution in [0.15, 0.2) is 42.5 Å². The van der Waals surface area contributed by atoms with E-state index < -0.39 is 0 Å². The van der Waals surface area contributed by atoms with E-state index >= 15 is 0 Å². The van der Waals surface area contributed by atoms with Gasteiger partial charge in [0.1, 0.15) is 0 Å². The van der Waals surface area contributed by atoms with Crippen LogP contribution in [0, 0.1) is 0 Å². The lowest BCUT2D eigenvalue weighted by Gasteiger charge is -2.20. The molecular formula is C27H37N3O2. The highest BCUT2D eigenvalue weighted by atomic mass is 16.2. The van der Waals surface area contributed by atoms with E-state index in [1.54, 1.807) is 6.07 Å². The summed E-state index contributed by atoms with van der Waals surface area (Å²) < 4.78 is 0. The number of fused-ring (bicyclic) bond motifs is 1. The number of nitrogens with zero attached hydrogens (tertiary/aromatic N) is 1. The molecule has 0 radical (unpaired) electrons. The molecule has 2 N–H and O–H groups in total. The molecular weight excluding hydrogens is 398 g/mol. The molecule has 0 aliphatic heterocycles. The number of carbonyl (C=O) groups excluding carboxylic acids is 2. The average molecular weight is 436 g/mol. The maximum absolute atomic E-state index is 12.7. The van der Waals surface area contributed by atoms with Crippen molar-refractivity contribution in [1.29, 1.82) is 0 Å². The Morgan fingerprint density at radius 2 is 1.81 bits per heavy atom. The molecule has 1 unspecified atom stereocenters. The fourth-order valence-corrected chi connectivity index (χ4v) is 4.40. The Hall–Kier alpha value is -2.66. The Morgan fingerprint density at radius 1 is 1.03 bits per heavy atom. The maximum atomic E-state index is 12.7. The first-order valence-electron chi connectivity index (χ1n) is 12.0. The van der Waals surface area contributed by atoms with Gasteiger partial charge in [-0.15, -0.1) is 0 Å². The van der Waals surface area contributed by atoms with E-state index in [-0.39, 0.29) is 24.3 Å². The van der Waals surface area contributed by atoms with Crippen LogP contribution in [0.3, 0.4) is 0 Å². The van der Waals surface area contributed by atoms with Crippen molar-refractivity contribution in [2.24, 2.45) is 0 Å². The van der Waals surface area contributed by atoms with Crippen LogP contribution in [0.1, 0.15) is 67.1 Å². The van der Waals surface area contributed by atoms with Gasteiger partial charge in [-0.3, -0.25) is 9.59 Å². The highest BCUT2D eigenvalue weighted by Crippen LogP contribution is 2.25. The van der Waals surface area contributed by atoms with Crippen LogP contribution in [-0.4, -0.2) is 42.4 Å². The first-order chi connectivity index (χ1) is 15.5. The van der Waals surface area contributed by atoms with Gasteiger partial charge in [0.2, 0.25) is 5.91 Å². The number of hydrogen-bond donors (Lipinski definition) is 2. The fraction of sp³-hybridized carbons (Fsp3) is 0.481. The van der Waals surface area contributed by atoms with E-state index in [9.17, 15) is 9.59 Å². The minimum Gasteiger partial charge on any atom is -0.350 e. The zero-order valence-corrected chi connectivity index (χ0v) is 19.7. The molecule has 3 rings (SSSR count). The van der Waals surface area contributed by atoms with Crippen molar-refractivity contribution >= 4 is 17.5 Å². The number of carbonyl (C=O) groups is 2. The molecule has 0 heterocycles. The Balaban J connectivity index is 1.49. The van der Waals surface area contributed by atoms with Crippen molar-refractivity contribution in [2.45, 2.75) is 65.3 Å². The molecule has 0 bridgehead atoms. The number of rotatable bonds is 11. The number of hydrogen-bond acceptors (Lipinski definition) is 3. The smallest absolute Gasteiger partial charge is 0.251 e. The molecule has 0 aromatic heterocycles. The number of benzene rings is 2. The van der Waals surface area contributed by atoms with E-state index in [2.05, 4.69) is 41.5 Å². The first kappa shape index (κ1) is 24.0. The average Bonchev–Trinajstić information content (AvgIpc) is 3.24. The molecule has 0 saturated carbocycles. The molecule has 32 heavy (non-hydrogen) atoms. The summed E-state index contributed by atoms with van der Waals surface area (Å²) in [5.74, 6) is -0.147. The van der Waals surface area contributed by atoms with E-state index in [0.29, 0.717) is 5.56 Å². The highest BCUT2D eigenvalue weighted by molar-refractivity contribution is 5.96. The van der Waals surface area contributed by atoms with Gasteiger partial charge in [-0.25, -0.2) is 0 Å². The van der Waals surface area contributed by atoms with E-state index in [0.717, 1.165) is 56.6 Å². The van der Waals surface area contributed by atoms with Gasteiger partial charge in [0, 0.05) is 17.3 Å². The predicted octanol–water partition coefficient (Wildman–Crippen LogP) is 4.60. The summed E-state index contributed by atoms with van der Waals surface area (Å²) in [5.41, 5.74) is 5.02. The number of amides is 2. The fourth-order valence-electron chi connectivity index (χ4n) is 4.40. The normalized spacial score (nSPS) is 13.6. The largest absolute Gasteiger partial charge is 0.350 e. The minimum absolute atomic E-state index is 0.0646. The maximum Gasteiger partial charge on any atom is 0.251 e. The topological polar surface area (TPSA) is 61.4 Å². The molecule has 2 aromatic rings. The lowest BCUT2D eigenvalue weighted by molar-refractivity contribution is -0.115. The summed E-state index contributed by atoms with van der Waals surface area (Å²) >= 11 is 0. The lowest BCUT2D eigenvalue weighted by atomic mass is 10.1. The summed E-state index contributed by atoms with van der Waals surface area (Å²) in [7, 11) is 0. The Morgan fingerprint density at radius 3 is 2.59 bits per heavy atom. The van der Waals surface area contributed by atoms with Crippen molar-refractivity contribution < 1.29 is 9.59 Å². The second kappa shape index (κ2) is 11.8. The van der Waals surface area contributed by atoms with Crippen molar-refractivity contribution in [3.05, 3.63) is 64.7 Å². The molecule has 0 spiro atoms. The van der Waals surface area contributed by atoms with Gasteiger partial charge in [-0.05, 0) is 99.6 Å². The van der Waals surface area contributed by atoms with Crippen molar-refractivity contribution in [3.8, 4) is 0 Å². The third kappa shape index (κ3) is 6.92. The van der Waals surface area contributed by atoms with Crippen molar-refractivity contribution in [2.75, 3.05) is 25.0 Å². The molecule has 172 valence electrons. The first-order valence-corrected chi connectivity index (χ1v) is 12.0. The third-order valence-corrected chi connectivity index (χ3v) is 6.32. The van der Waals surface area contributed by atoms with Gasteiger partial charge in [-0.1, -0.05) is 32.0 Å². The molecule has 5 heteroatoms. The Bertz CT molecular complexity index is 921. The predicted molar refractivity (Wildman–Crippen MR) is 131 cm³/mol. The van der Waals surface area contributed by atoms with Gasteiger partial charge in [-0.2, -0.15) is 0 Å². The van der Waals surface area contributed by atoms with Crippen LogP contribution >= 0.6 is 0 Å². The molecule has 0 fully saturated rings. The van der Waals surface area contributed by atoms with Crippen LogP contribution in [0.25, 0.3) is 0 Å². The van der Waals surface area contributed by atoms with Crippen LogP contribution < -0.4 is 10.6 Å². The van der Waals surface area contributed by atoms with Crippen molar-refractivity contribution in [1.82, 2.24) is 10.2 Å². The molecule has 5 nitrogen and oxygen atoms in total. The molecule has 0 saturated heterocycles. The zero-order chi connectivity index (χ0) is 22.9. The molecule has 2 amide bonds. The van der Waals surface area contributed by atoms with Crippen LogP contribution in [0.5, 0.6) is 0 Å². The second-order valence-corrected chi connectivity index (χ2v) is 8.81. The molecule has 1 aliphatic carbocycles. The van der Waals surface area contributed by atoms with E-state index in [4.69, 9.17) is 0 Å². The number of anilines is 1. The number of aryl methyl sites for hydroxylation is 2. The lowest BCUT2D eigenvalue weighted by Crippen LogP contribution is -2.33. The molecule has 1 atom stereocenters. The highest BCUT2D eigenvalue weighted by Gasteiger charge is 2.14.